The van der Waals surface area contributed by atoms with Crippen LogP contribution in [0.1, 0.15) is 105 Å². The van der Waals surface area contributed by atoms with Gasteiger partial charge < -0.3 is 24.3 Å². The van der Waals surface area contributed by atoms with Gasteiger partial charge in [0.2, 0.25) is 11.8 Å². The largest absolute Gasteiger partial charge is 0.463 e. The molecule has 1 fully saturated rings. The lowest BCUT2D eigenvalue weighted by atomic mass is 10.0. The molecule has 12 nitrogen and oxygen atoms in total. The van der Waals surface area contributed by atoms with Crippen molar-refractivity contribution in [2.75, 3.05) is 58.1 Å². The van der Waals surface area contributed by atoms with Gasteiger partial charge in [0, 0.05) is 25.1 Å². The summed E-state index contributed by atoms with van der Waals surface area (Å²) in [6, 6.07) is 3.91. The highest BCUT2D eigenvalue weighted by Gasteiger charge is 2.45. The molecule has 0 bridgehead atoms. The number of fused-ring (bicyclic) bond motifs is 1. The number of carbonyl (C=O) groups is 5. The first kappa shape index (κ1) is 36.1. The van der Waals surface area contributed by atoms with Crippen LogP contribution in [-0.2, 0) is 33.3 Å². The molecule has 1 saturated heterocycles. The normalized spacial score (nSPS) is 16.2. The summed E-state index contributed by atoms with van der Waals surface area (Å²) >= 11 is 0. The molecule has 0 aromatic heterocycles. The Morgan fingerprint density at radius 2 is 1.44 bits per heavy atom. The van der Waals surface area contributed by atoms with Crippen molar-refractivity contribution >= 4 is 35.3 Å². The average molecular weight is 632 g/mol. The van der Waals surface area contributed by atoms with Gasteiger partial charge in [0.05, 0.1) is 50.8 Å². The molecule has 45 heavy (non-hydrogen) atoms. The Kier molecular flexibility index (Phi) is 16.6. The molecule has 1 aromatic carbocycles. The number of unbranched alkanes of at least 4 members (excludes halogenated alkanes) is 8. The molecule has 2 N–H and O–H groups in total. The maximum Gasteiger partial charge on any atom is 0.305 e. The number of carbonyl (C=O) groups excluding carboxylic acids is 5. The maximum atomic E-state index is 13.1. The second-order valence-corrected chi connectivity index (χ2v) is 11.2. The summed E-state index contributed by atoms with van der Waals surface area (Å²) in [6.45, 7) is 5.05. The zero-order valence-electron chi connectivity index (χ0n) is 26.6. The molecule has 0 spiro atoms. The minimum atomic E-state index is -1.01. The number of esters is 1. The van der Waals surface area contributed by atoms with E-state index in [0.717, 1.165) is 17.7 Å². The molecule has 2 aliphatic rings. The molecule has 0 radical (unpaired) electrons. The molecule has 250 valence electrons. The maximum absolute atomic E-state index is 13.1. The molecule has 3 rings (SSSR count). The van der Waals surface area contributed by atoms with Gasteiger partial charge >= 0.3 is 5.97 Å². The minimum Gasteiger partial charge on any atom is -0.463 e. The standard InChI is InChI=1S/C33H49N3O9/c1-2-3-4-5-6-7-8-9-10-14-29(38)45-24-23-44-22-21-43-20-19-42-18-17-34-26-13-11-12-25-30(26)33(41)36(32(25)40)27-15-16-28(37)35-31(27)39/h11-13,27,34H,2-10,14-24H2,1H3,(H,35,37,39). The van der Waals surface area contributed by atoms with E-state index in [1.54, 1.807) is 18.2 Å². The van der Waals surface area contributed by atoms with Gasteiger partial charge in [-0.1, -0.05) is 64.4 Å². The lowest BCUT2D eigenvalue weighted by Crippen LogP contribution is -2.54. The number of nitrogens with zero attached hydrogens (tertiary/aromatic N) is 1. The molecule has 0 saturated carbocycles. The second-order valence-electron chi connectivity index (χ2n) is 11.2. The van der Waals surface area contributed by atoms with Gasteiger partial charge in [0.15, 0.2) is 0 Å². The Bertz CT molecular complexity index is 1130. The topological polar surface area (TPSA) is 150 Å². The van der Waals surface area contributed by atoms with Gasteiger partial charge in [-0.15, -0.1) is 0 Å². The van der Waals surface area contributed by atoms with Crippen molar-refractivity contribution in [3.63, 3.8) is 0 Å². The zero-order valence-corrected chi connectivity index (χ0v) is 26.6. The summed E-state index contributed by atoms with van der Waals surface area (Å²) < 4.78 is 21.7. The molecule has 2 heterocycles. The van der Waals surface area contributed by atoms with Crippen molar-refractivity contribution in [3.8, 4) is 0 Å². The van der Waals surface area contributed by atoms with Crippen LogP contribution in [0.15, 0.2) is 18.2 Å². The van der Waals surface area contributed by atoms with Gasteiger partial charge in [-0.25, -0.2) is 0 Å². The van der Waals surface area contributed by atoms with Crippen molar-refractivity contribution in [1.29, 1.82) is 0 Å². The number of hydrogen-bond donors (Lipinski definition) is 2. The van der Waals surface area contributed by atoms with Crippen molar-refractivity contribution in [2.24, 2.45) is 0 Å². The summed E-state index contributed by atoms with van der Waals surface area (Å²) in [6.07, 6.45) is 11.5. The summed E-state index contributed by atoms with van der Waals surface area (Å²) in [7, 11) is 0. The summed E-state index contributed by atoms with van der Waals surface area (Å²) in [5, 5.41) is 5.32. The van der Waals surface area contributed by atoms with Crippen molar-refractivity contribution in [1.82, 2.24) is 10.2 Å². The third-order valence-corrected chi connectivity index (χ3v) is 7.75. The van der Waals surface area contributed by atoms with E-state index in [1.165, 1.54) is 44.9 Å². The number of nitrogens with one attached hydrogen (secondary N) is 2. The number of piperidine rings is 1. The summed E-state index contributed by atoms with van der Waals surface area (Å²) in [4.78, 5) is 62.5. The van der Waals surface area contributed by atoms with Gasteiger partial charge in [0.25, 0.3) is 11.8 Å². The molecule has 1 atom stereocenters. The highest BCUT2D eigenvalue weighted by Crippen LogP contribution is 2.32. The zero-order chi connectivity index (χ0) is 32.3. The third-order valence-electron chi connectivity index (χ3n) is 7.75. The van der Waals surface area contributed by atoms with Gasteiger partial charge in [-0.2, -0.15) is 0 Å². The first-order valence-corrected chi connectivity index (χ1v) is 16.4. The number of imide groups is 2. The molecular formula is C33H49N3O9. The van der Waals surface area contributed by atoms with E-state index in [0.29, 0.717) is 58.3 Å². The van der Waals surface area contributed by atoms with Crippen LogP contribution in [0.3, 0.4) is 0 Å². The van der Waals surface area contributed by atoms with Crippen LogP contribution in [0.25, 0.3) is 0 Å². The highest BCUT2D eigenvalue weighted by molar-refractivity contribution is 6.25. The first-order chi connectivity index (χ1) is 21.9. The monoisotopic (exact) mass is 631 g/mol. The first-order valence-electron chi connectivity index (χ1n) is 16.4. The predicted octanol–water partition coefficient (Wildman–Crippen LogP) is 4.01. The van der Waals surface area contributed by atoms with Crippen LogP contribution in [0.5, 0.6) is 0 Å². The number of ether oxygens (including phenoxy) is 4. The van der Waals surface area contributed by atoms with Gasteiger partial charge in [-0.05, 0) is 25.0 Å². The van der Waals surface area contributed by atoms with E-state index in [2.05, 4.69) is 17.6 Å². The van der Waals surface area contributed by atoms with Crippen LogP contribution >= 0.6 is 0 Å². The average Bonchev–Trinajstić information content (AvgIpc) is 3.28. The third kappa shape index (κ3) is 12.2. The Morgan fingerprint density at radius 1 is 0.822 bits per heavy atom. The Balaban J connectivity index is 1.16. The van der Waals surface area contributed by atoms with Gasteiger partial charge in [0.1, 0.15) is 12.6 Å². The Morgan fingerprint density at radius 3 is 2.11 bits per heavy atom. The van der Waals surface area contributed by atoms with E-state index in [-0.39, 0.29) is 36.5 Å². The number of hydrogen-bond acceptors (Lipinski definition) is 10. The van der Waals surface area contributed by atoms with Crippen LogP contribution in [0, 0.1) is 0 Å². The molecule has 1 aromatic rings. The number of amides is 4. The van der Waals surface area contributed by atoms with Crippen molar-refractivity contribution in [2.45, 2.75) is 90.0 Å². The molecule has 12 heteroatoms. The molecule has 1 unspecified atom stereocenters. The van der Waals surface area contributed by atoms with E-state index < -0.39 is 29.7 Å². The Hall–Kier alpha value is -3.35. The number of benzene rings is 1. The van der Waals surface area contributed by atoms with Crippen LogP contribution in [0.2, 0.25) is 0 Å². The van der Waals surface area contributed by atoms with Crippen LogP contribution in [0.4, 0.5) is 5.69 Å². The van der Waals surface area contributed by atoms with Crippen molar-refractivity contribution < 1.29 is 42.9 Å². The molecular weight excluding hydrogens is 582 g/mol. The lowest BCUT2D eigenvalue weighted by molar-refractivity contribution is -0.145. The van der Waals surface area contributed by atoms with E-state index in [9.17, 15) is 24.0 Å². The van der Waals surface area contributed by atoms with Crippen molar-refractivity contribution in [3.05, 3.63) is 29.3 Å². The fourth-order valence-corrected chi connectivity index (χ4v) is 5.33. The van der Waals surface area contributed by atoms with E-state index in [1.807, 2.05) is 0 Å². The predicted molar refractivity (Wildman–Crippen MR) is 167 cm³/mol. The quantitative estimate of drug-likeness (QED) is 0.0973. The Labute approximate surface area is 265 Å². The fraction of sp³-hybridized carbons (Fsp3) is 0.667. The number of anilines is 1. The molecule has 4 amide bonds. The highest BCUT2D eigenvalue weighted by atomic mass is 16.6. The van der Waals surface area contributed by atoms with E-state index >= 15 is 0 Å². The second kappa shape index (κ2) is 20.6. The van der Waals surface area contributed by atoms with Crippen LogP contribution in [-0.4, -0.2) is 93.3 Å². The lowest BCUT2D eigenvalue weighted by Gasteiger charge is -2.27. The number of rotatable bonds is 24. The fourth-order valence-electron chi connectivity index (χ4n) is 5.33. The van der Waals surface area contributed by atoms with Crippen LogP contribution < -0.4 is 10.6 Å². The molecule has 2 aliphatic heterocycles. The SMILES string of the molecule is CCCCCCCCCCCC(=O)OCCOCCOCCOCCNc1cccc2c1C(=O)N(C1CCC(=O)NC1=O)C2=O. The minimum absolute atomic E-state index is 0.0691. The van der Waals surface area contributed by atoms with Gasteiger partial charge in [-0.3, -0.25) is 34.2 Å². The van der Waals surface area contributed by atoms with E-state index in [4.69, 9.17) is 18.9 Å². The smallest absolute Gasteiger partial charge is 0.305 e. The summed E-state index contributed by atoms with van der Waals surface area (Å²) in [5.41, 5.74) is 0.911. The summed E-state index contributed by atoms with van der Waals surface area (Å²) in [5.74, 6) is -2.33. The molecule has 0 aliphatic carbocycles.